The Morgan fingerprint density at radius 2 is 2.00 bits per heavy atom. The van der Waals surface area contributed by atoms with E-state index in [1.807, 2.05) is 32.0 Å². The maximum absolute atomic E-state index is 5.74. The van der Waals surface area contributed by atoms with Crippen molar-refractivity contribution in [1.29, 1.82) is 0 Å². The highest BCUT2D eigenvalue weighted by atomic mass is 79.9. The van der Waals surface area contributed by atoms with Crippen molar-refractivity contribution in [1.82, 2.24) is 10.3 Å². The van der Waals surface area contributed by atoms with Crippen LogP contribution in [0.4, 0.5) is 0 Å². The highest BCUT2D eigenvalue weighted by Crippen LogP contribution is 2.20. The molecule has 0 spiro atoms. The molecule has 1 heterocycles. The third kappa shape index (κ3) is 4.83. The Kier molecular flexibility index (Phi) is 5.76. The van der Waals surface area contributed by atoms with Crippen molar-refractivity contribution < 1.29 is 4.74 Å². The van der Waals surface area contributed by atoms with E-state index in [-0.39, 0.29) is 12.1 Å². The standard InChI is InChI=1S/C17H21BrN2O/c1-12(2)21-17-15(7-5-9-19-17)11-20-13(3)14-6-4-8-16(18)10-14/h4-10,12-13,20H,11H2,1-3H3. The number of halogens is 1. The summed E-state index contributed by atoms with van der Waals surface area (Å²) in [6.07, 6.45) is 1.89. The van der Waals surface area contributed by atoms with Crippen LogP contribution in [0.3, 0.4) is 0 Å². The van der Waals surface area contributed by atoms with Crippen LogP contribution in [0.2, 0.25) is 0 Å². The summed E-state index contributed by atoms with van der Waals surface area (Å²) in [5.74, 6) is 0.710. The molecule has 1 atom stereocenters. The van der Waals surface area contributed by atoms with Gasteiger partial charge in [0.2, 0.25) is 5.88 Å². The van der Waals surface area contributed by atoms with Gasteiger partial charge in [0.25, 0.3) is 0 Å². The zero-order valence-electron chi connectivity index (χ0n) is 12.6. The summed E-state index contributed by atoms with van der Waals surface area (Å²) in [5.41, 5.74) is 2.33. The number of aromatic nitrogens is 1. The van der Waals surface area contributed by atoms with Crippen molar-refractivity contribution in [2.75, 3.05) is 0 Å². The number of rotatable bonds is 6. The first-order valence-electron chi connectivity index (χ1n) is 7.15. The minimum absolute atomic E-state index is 0.126. The van der Waals surface area contributed by atoms with Crippen LogP contribution in [0.5, 0.6) is 5.88 Å². The van der Waals surface area contributed by atoms with Crippen LogP contribution in [0, 0.1) is 0 Å². The van der Waals surface area contributed by atoms with E-state index in [0.29, 0.717) is 5.88 Å². The zero-order valence-corrected chi connectivity index (χ0v) is 14.2. The van der Waals surface area contributed by atoms with Gasteiger partial charge >= 0.3 is 0 Å². The first kappa shape index (κ1) is 16.0. The molecule has 1 N–H and O–H groups in total. The summed E-state index contributed by atoms with van der Waals surface area (Å²) in [6.45, 7) is 6.90. The maximum atomic E-state index is 5.74. The van der Waals surface area contributed by atoms with Crippen LogP contribution in [-0.2, 0) is 6.54 Å². The fraction of sp³-hybridized carbons (Fsp3) is 0.353. The fourth-order valence-electron chi connectivity index (χ4n) is 2.04. The Balaban J connectivity index is 2.02. The van der Waals surface area contributed by atoms with Crippen LogP contribution >= 0.6 is 15.9 Å². The molecular weight excluding hydrogens is 328 g/mol. The molecule has 1 aromatic carbocycles. The van der Waals surface area contributed by atoms with Gasteiger partial charge in [-0.2, -0.15) is 0 Å². The number of pyridine rings is 1. The summed E-state index contributed by atoms with van der Waals surface area (Å²) in [4.78, 5) is 4.31. The van der Waals surface area contributed by atoms with Gasteiger partial charge in [0.15, 0.2) is 0 Å². The largest absolute Gasteiger partial charge is 0.475 e. The number of nitrogens with zero attached hydrogens (tertiary/aromatic N) is 1. The number of ether oxygens (including phenoxy) is 1. The average molecular weight is 349 g/mol. The van der Waals surface area contributed by atoms with Crippen molar-refractivity contribution in [3.05, 3.63) is 58.2 Å². The van der Waals surface area contributed by atoms with Crippen LogP contribution in [-0.4, -0.2) is 11.1 Å². The van der Waals surface area contributed by atoms with Crippen molar-refractivity contribution in [3.63, 3.8) is 0 Å². The van der Waals surface area contributed by atoms with Crippen molar-refractivity contribution >= 4 is 15.9 Å². The number of nitrogens with one attached hydrogen (secondary N) is 1. The molecule has 0 fully saturated rings. The normalized spacial score (nSPS) is 12.4. The van der Waals surface area contributed by atoms with Crippen molar-refractivity contribution in [3.8, 4) is 5.88 Å². The number of benzene rings is 1. The molecule has 4 heteroatoms. The Morgan fingerprint density at radius 3 is 2.71 bits per heavy atom. The lowest BCUT2D eigenvalue weighted by molar-refractivity contribution is 0.229. The second kappa shape index (κ2) is 7.57. The summed E-state index contributed by atoms with van der Waals surface area (Å²) in [7, 11) is 0. The second-order valence-electron chi connectivity index (χ2n) is 5.29. The summed E-state index contributed by atoms with van der Waals surface area (Å²) >= 11 is 3.51. The van der Waals surface area contributed by atoms with Crippen LogP contribution in [0.15, 0.2) is 47.1 Å². The van der Waals surface area contributed by atoms with E-state index in [1.54, 1.807) is 6.20 Å². The predicted molar refractivity (Wildman–Crippen MR) is 89.4 cm³/mol. The molecule has 3 nitrogen and oxygen atoms in total. The fourth-order valence-corrected chi connectivity index (χ4v) is 2.46. The molecule has 112 valence electrons. The molecule has 0 saturated heterocycles. The Bertz CT molecular complexity index is 587. The van der Waals surface area contributed by atoms with Gasteiger partial charge in [0.1, 0.15) is 0 Å². The van der Waals surface area contributed by atoms with Crippen LogP contribution in [0.25, 0.3) is 0 Å². The van der Waals surface area contributed by atoms with Gasteiger partial charge in [0.05, 0.1) is 6.10 Å². The molecule has 2 rings (SSSR count). The SMILES string of the molecule is CC(C)Oc1ncccc1CNC(C)c1cccc(Br)c1. The molecule has 21 heavy (non-hydrogen) atoms. The minimum Gasteiger partial charge on any atom is -0.475 e. The van der Waals surface area contributed by atoms with E-state index in [9.17, 15) is 0 Å². The van der Waals surface area contributed by atoms with Crippen molar-refractivity contribution in [2.24, 2.45) is 0 Å². The molecular formula is C17H21BrN2O. The van der Waals surface area contributed by atoms with E-state index >= 15 is 0 Å². The van der Waals surface area contributed by atoms with E-state index in [0.717, 1.165) is 16.6 Å². The van der Waals surface area contributed by atoms with Crippen LogP contribution < -0.4 is 10.1 Å². The van der Waals surface area contributed by atoms with E-state index in [4.69, 9.17) is 4.74 Å². The third-order valence-electron chi connectivity index (χ3n) is 3.14. The van der Waals surface area contributed by atoms with E-state index < -0.39 is 0 Å². The highest BCUT2D eigenvalue weighted by molar-refractivity contribution is 9.10. The van der Waals surface area contributed by atoms with Gasteiger partial charge in [0, 0.05) is 28.8 Å². The molecule has 1 unspecified atom stereocenters. The average Bonchev–Trinajstić information content (AvgIpc) is 2.45. The Labute approximate surface area is 134 Å². The number of hydrogen-bond donors (Lipinski definition) is 1. The lowest BCUT2D eigenvalue weighted by Gasteiger charge is -2.17. The molecule has 0 aliphatic carbocycles. The maximum Gasteiger partial charge on any atom is 0.218 e. The highest BCUT2D eigenvalue weighted by Gasteiger charge is 2.09. The van der Waals surface area contributed by atoms with Gasteiger partial charge in [-0.15, -0.1) is 0 Å². The Hall–Kier alpha value is -1.39. The monoisotopic (exact) mass is 348 g/mol. The molecule has 2 aromatic rings. The summed E-state index contributed by atoms with van der Waals surface area (Å²) in [6, 6.07) is 12.6. The molecule has 0 aliphatic rings. The molecule has 0 radical (unpaired) electrons. The van der Waals surface area contributed by atoms with E-state index in [2.05, 4.69) is 51.4 Å². The van der Waals surface area contributed by atoms with Crippen molar-refractivity contribution in [2.45, 2.75) is 39.5 Å². The minimum atomic E-state index is 0.126. The summed E-state index contributed by atoms with van der Waals surface area (Å²) in [5, 5.41) is 3.52. The number of hydrogen-bond acceptors (Lipinski definition) is 3. The molecule has 0 amide bonds. The van der Waals surface area contributed by atoms with E-state index in [1.165, 1.54) is 5.56 Å². The third-order valence-corrected chi connectivity index (χ3v) is 3.64. The smallest absolute Gasteiger partial charge is 0.218 e. The zero-order chi connectivity index (χ0) is 15.2. The first-order chi connectivity index (χ1) is 10.1. The molecule has 1 aromatic heterocycles. The van der Waals surface area contributed by atoms with Gasteiger partial charge < -0.3 is 10.1 Å². The van der Waals surface area contributed by atoms with Gasteiger partial charge in [-0.05, 0) is 44.5 Å². The Morgan fingerprint density at radius 1 is 1.19 bits per heavy atom. The molecule has 0 saturated carbocycles. The second-order valence-corrected chi connectivity index (χ2v) is 6.21. The van der Waals surface area contributed by atoms with Crippen LogP contribution in [0.1, 0.15) is 37.9 Å². The molecule has 0 bridgehead atoms. The summed E-state index contributed by atoms with van der Waals surface area (Å²) < 4.78 is 6.84. The first-order valence-corrected chi connectivity index (χ1v) is 7.95. The predicted octanol–water partition coefficient (Wildman–Crippen LogP) is 4.48. The quantitative estimate of drug-likeness (QED) is 0.835. The topological polar surface area (TPSA) is 34.1 Å². The lowest BCUT2D eigenvalue weighted by Crippen LogP contribution is -2.19. The van der Waals surface area contributed by atoms with Gasteiger partial charge in [-0.25, -0.2) is 4.98 Å². The van der Waals surface area contributed by atoms with Gasteiger partial charge in [-0.3, -0.25) is 0 Å². The lowest BCUT2D eigenvalue weighted by atomic mass is 10.1. The molecule has 0 aliphatic heterocycles. The van der Waals surface area contributed by atoms with Gasteiger partial charge in [-0.1, -0.05) is 34.1 Å².